The molecule has 2 heterocycles. The second kappa shape index (κ2) is 11.0. The Labute approximate surface area is 232 Å². The van der Waals surface area contributed by atoms with Crippen molar-refractivity contribution in [2.75, 3.05) is 27.2 Å². The first-order valence-electron chi connectivity index (χ1n) is 13.2. The van der Waals surface area contributed by atoms with Gasteiger partial charge < -0.3 is 4.74 Å². The monoisotopic (exact) mass is 550 g/mol. The van der Waals surface area contributed by atoms with Crippen LogP contribution in [0, 0.1) is 0 Å². The van der Waals surface area contributed by atoms with Gasteiger partial charge in [0.05, 0.1) is 12.8 Å². The third-order valence-corrected chi connectivity index (χ3v) is 7.84. The number of aromatic nitrogens is 4. The van der Waals surface area contributed by atoms with Crippen LogP contribution in [-0.2, 0) is 12.7 Å². The van der Waals surface area contributed by atoms with Crippen LogP contribution >= 0.6 is 0 Å². The van der Waals surface area contributed by atoms with Crippen LogP contribution in [0.1, 0.15) is 42.3 Å². The van der Waals surface area contributed by atoms with Crippen molar-refractivity contribution in [1.29, 1.82) is 0 Å². The van der Waals surface area contributed by atoms with Gasteiger partial charge in [0.1, 0.15) is 5.75 Å². The van der Waals surface area contributed by atoms with E-state index < -0.39 is 12.0 Å². The van der Waals surface area contributed by atoms with Gasteiger partial charge in [-0.1, -0.05) is 60.7 Å². The summed E-state index contributed by atoms with van der Waals surface area (Å²) in [6, 6.07) is 26.1. The molecule has 1 aliphatic rings. The minimum absolute atomic E-state index is 0.123. The molecule has 10 heteroatoms. The lowest BCUT2D eigenvalue weighted by molar-refractivity contribution is -0.146. The molecule has 0 aliphatic carbocycles. The van der Waals surface area contributed by atoms with Gasteiger partial charge in [0, 0.05) is 42.7 Å². The number of piperazine rings is 1. The van der Waals surface area contributed by atoms with Crippen LogP contribution < -0.4 is 4.74 Å². The normalized spacial score (nSPS) is 18.2. The standard InChI is InChI=1S/C30H33F3N6O/c1-29(2)20-38(18-23-17-24(15-16-26(23)40-4)39-28(30(31,32)33)34-35-36-39)19-25(37(29)3)27(21-11-7-5-8-12-21)22-13-9-6-10-14-22/h5-17,25,27H,18-20H2,1-4H3. The fourth-order valence-electron chi connectivity index (χ4n) is 5.77. The third-order valence-electron chi connectivity index (χ3n) is 7.84. The predicted molar refractivity (Wildman–Crippen MR) is 146 cm³/mol. The summed E-state index contributed by atoms with van der Waals surface area (Å²) in [7, 11) is 3.74. The zero-order valence-electron chi connectivity index (χ0n) is 23.0. The van der Waals surface area contributed by atoms with Crippen molar-refractivity contribution in [3.63, 3.8) is 0 Å². The van der Waals surface area contributed by atoms with Crippen molar-refractivity contribution in [2.45, 2.75) is 44.1 Å². The van der Waals surface area contributed by atoms with Crippen LogP contribution in [0.2, 0.25) is 0 Å². The van der Waals surface area contributed by atoms with E-state index >= 15 is 0 Å². The van der Waals surface area contributed by atoms with E-state index in [2.05, 4.69) is 94.8 Å². The zero-order valence-corrected chi connectivity index (χ0v) is 23.0. The molecule has 0 spiro atoms. The maximum Gasteiger partial charge on any atom is 0.453 e. The van der Waals surface area contributed by atoms with E-state index in [4.69, 9.17) is 4.74 Å². The number of nitrogens with zero attached hydrogens (tertiary/aromatic N) is 6. The van der Waals surface area contributed by atoms with E-state index in [-0.39, 0.29) is 23.2 Å². The molecule has 1 aliphatic heterocycles. The Bertz CT molecular complexity index is 1380. The fraction of sp³-hybridized carbons (Fsp3) is 0.367. The van der Waals surface area contributed by atoms with E-state index in [0.29, 0.717) is 12.3 Å². The van der Waals surface area contributed by atoms with Gasteiger partial charge in [-0.2, -0.15) is 17.9 Å². The Hall–Kier alpha value is -3.76. The molecule has 1 saturated heterocycles. The molecule has 0 amide bonds. The topological polar surface area (TPSA) is 59.3 Å². The van der Waals surface area contributed by atoms with Crippen molar-refractivity contribution in [3.05, 3.63) is 101 Å². The molecule has 210 valence electrons. The van der Waals surface area contributed by atoms with Crippen LogP contribution in [0.25, 0.3) is 5.69 Å². The number of methoxy groups -OCH3 is 1. The Balaban J connectivity index is 1.50. The van der Waals surface area contributed by atoms with Crippen LogP contribution in [0.4, 0.5) is 13.2 Å². The second-order valence-corrected chi connectivity index (χ2v) is 10.9. The van der Waals surface area contributed by atoms with Crippen molar-refractivity contribution in [3.8, 4) is 11.4 Å². The molecule has 5 rings (SSSR count). The molecular weight excluding hydrogens is 517 g/mol. The minimum Gasteiger partial charge on any atom is -0.496 e. The Morgan fingerprint density at radius 1 is 0.975 bits per heavy atom. The summed E-state index contributed by atoms with van der Waals surface area (Å²) in [6.07, 6.45) is -4.68. The summed E-state index contributed by atoms with van der Waals surface area (Å²) in [5, 5.41) is 10.1. The van der Waals surface area contributed by atoms with Gasteiger partial charge in [-0.15, -0.1) is 5.10 Å². The summed E-state index contributed by atoms with van der Waals surface area (Å²) in [5.41, 5.74) is 3.29. The predicted octanol–water partition coefficient (Wildman–Crippen LogP) is 5.42. The lowest BCUT2D eigenvalue weighted by atomic mass is 9.80. The first-order valence-corrected chi connectivity index (χ1v) is 13.2. The summed E-state index contributed by atoms with van der Waals surface area (Å²) in [5.74, 6) is -0.447. The van der Waals surface area contributed by atoms with E-state index in [1.165, 1.54) is 17.2 Å². The molecule has 0 N–H and O–H groups in total. The molecule has 7 nitrogen and oxygen atoms in total. The quantitative estimate of drug-likeness (QED) is 0.307. The van der Waals surface area contributed by atoms with E-state index in [1.807, 2.05) is 12.1 Å². The summed E-state index contributed by atoms with van der Waals surface area (Å²) >= 11 is 0. The van der Waals surface area contributed by atoms with E-state index in [0.717, 1.165) is 23.3 Å². The number of alkyl halides is 3. The lowest BCUT2D eigenvalue weighted by Gasteiger charge is -2.52. The number of rotatable bonds is 7. The number of likely N-dealkylation sites (N-methyl/N-ethyl adjacent to an activating group) is 1. The molecule has 0 saturated carbocycles. The van der Waals surface area contributed by atoms with Gasteiger partial charge in [0.2, 0.25) is 0 Å². The maximum atomic E-state index is 13.5. The first-order chi connectivity index (χ1) is 19.1. The zero-order chi connectivity index (χ0) is 28.5. The highest BCUT2D eigenvalue weighted by atomic mass is 19.4. The number of hydrogen-bond donors (Lipinski definition) is 0. The molecule has 4 aromatic rings. The molecule has 1 unspecified atom stereocenters. The molecule has 3 aromatic carbocycles. The largest absolute Gasteiger partial charge is 0.496 e. The van der Waals surface area contributed by atoms with Crippen molar-refractivity contribution in [2.24, 2.45) is 0 Å². The van der Waals surface area contributed by atoms with Gasteiger partial charge in [-0.3, -0.25) is 9.80 Å². The van der Waals surface area contributed by atoms with E-state index in [1.54, 1.807) is 19.2 Å². The summed E-state index contributed by atoms with van der Waals surface area (Å²) in [4.78, 5) is 4.81. The number of hydrogen-bond acceptors (Lipinski definition) is 6. The summed E-state index contributed by atoms with van der Waals surface area (Å²) in [6.45, 7) is 6.46. The highest BCUT2D eigenvalue weighted by molar-refractivity contribution is 5.44. The van der Waals surface area contributed by atoms with Crippen molar-refractivity contribution < 1.29 is 17.9 Å². The number of ether oxygens (including phenoxy) is 1. The molecule has 1 fully saturated rings. The van der Waals surface area contributed by atoms with Crippen LogP contribution in [0.5, 0.6) is 5.75 Å². The van der Waals surface area contributed by atoms with Crippen LogP contribution in [0.15, 0.2) is 78.9 Å². The van der Waals surface area contributed by atoms with Crippen LogP contribution in [0.3, 0.4) is 0 Å². The average Bonchev–Trinajstić information content (AvgIpc) is 3.44. The lowest BCUT2D eigenvalue weighted by Crippen LogP contribution is -2.63. The van der Waals surface area contributed by atoms with Gasteiger partial charge >= 0.3 is 6.18 Å². The first kappa shape index (κ1) is 27.8. The number of benzene rings is 3. The molecule has 0 radical (unpaired) electrons. The second-order valence-electron chi connectivity index (χ2n) is 10.9. The minimum atomic E-state index is -4.68. The molecule has 40 heavy (non-hydrogen) atoms. The SMILES string of the molecule is COc1ccc(-n2nnnc2C(F)(F)F)cc1CN1CC(C(c2ccccc2)c2ccccc2)N(C)C(C)(C)C1. The van der Waals surface area contributed by atoms with Gasteiger partial charge in [0.25, 0.3) is 5.82 Å². The molecular formula is C30H33F3N6O. The van der Waals surface area contributed by atoms with Gasteiger partial charge in [-0.25, -0.2) is 0 Å². The maximum absolute atomic E-state index is 13.5. The number of tetrazole rings is 1. The Morgan fingerprint density at radius 3 is 2.17 bits per heavy atom. The highest BCUT2D eigenvalue weighted by Gasteiger charge is 2.42. The summed E-state index contributed by atoms with van der Waals surface area (Å²) < 4.78 is 46.9. The molecule has 1 atom stereocenters. The average molecular weight is 551 g/mol. The van der Waals surface area contributed by atoms with Crippen LogP contribution in [-0.4, -0.2) is 68.8 Å². The molecule has 1 aromatic heterocycles. The van der Waals surface area contributed by atoms with Gasteiger partial charge in [0.15, 0.2) is 0 Å². The highest BCUT2D eigenvalue weighted by Crippen LogP contribution is 2.38. The van der Waals surface area contributed by atoms with Crippen molar-refractivity contribution in [1.82, 2.24) is 30.0 Å². The fourth-order valence-corrected chi connectivity index (χ4v) is 5.77. The number of halogens is 3. The smallest absolute Gasteiger partial charge is 0.453 e. The molecule has 0 bridgehead atoms. The third kappa shape index (κ3) is 5.59. The van der Waals surface area contributed by atoms with Gasteiger partial charge in [-0.05, 0) is 60.6 Å². The Morgan fingerprint density at radius 2 is 1.60 bits per heavy atom. The van der Waals surface area contributed by atoms with E-state index in [9.17, 15) is 13.2 Å². The Kier molecular flexibility index (Phi) is 7.65. The van der Waals surface area contributed by atoms with Crippen molar-refractivity contribution >= 4 is 0 Å².